The van der Waals surface area contributed by atoms with E-state index in [1.807, 2.05) is 32.1 Å². The summed E-state index contributed by atoms with van der Waals surface area (Å²) in [6.45, 7) is 8.13. The number of carbonyl (C=O) groups excluding carboxylic acids is 1. The van der Waals surface area contributed by atoms with Crippen LogP contribution in [0.4, 0.5) is 0 Å². The molecule has 1 rings (SSSR count). The molecule has 0 N–H and O–H groups in total. The lowest BCUT2D eigenvalue weighted by Gasteiger charge is -2.12. The van der Waals surface area contributed by atoms with Crippen molar-refractivity contribution in [2.75, 3.05) is 0 Å². The Morgan fingerprint density at radius 1 is 1.29 bits per heavy atom. The molecule has 0 heterocycles. The van der Waals surface area contributed by atoms with Gasteiger partial charge in [0.2, 0.25) is 0 Å². The molecule has 0 aromatic heterocycles. The minimum Gasteiger partial charge on any atom is -0.276 e. The topological polar surface area (TPSA) is 17.1 Å². The molecule has 1 aliphatic rings. The van der Waals surface area contributed by atoms with Crippen molar-refractivity contribution in [1.29, 1.82) is 0 Å². The molecule has 0 unspecified atom stereocenters. The number of rotatable bonds is 1. The first kappa shape index (κ1) is 13.2. The minimum atomic E-state index is -0.409. The number of allylic oxidation sites excluding steroid dienone is 6. The largest absolute Gasteiger partial charge is 0.276 e. The maximum atomic E-state index is 10.8. The van der Waals surface area contributed by atoms with Gasteiger partial charge in [-0.2, -0.15) is 0 Å². The van der Waals surface area contributed by atoms with Crippen LogP contribution in [-0.4, -0.2) is 5.24 Å². The van der Waals surface area contributed by atoms with Crippen LogP contribution >= 0.6 is 11.6 Å². The van der Waals surface area contributed by atoms with Crippen LogP contribution in [0.1, 0.15) is 27.7 Å². The molecule has 0 aromatic rings. The second-order valence-corrected chi connectivity index (χ2v) is 3.75. The third-order valence-electron chi connectivity index (χ3n) is 1.72. The summed E-state index contributed by atoms with van der Waals surface area (Å²) in [5.74, 6) is 0. The second-order valence-electron chi connectivity index (χ2n) is 3.41. The quantitative estimate of drug-likeness (QED) is 0.604. The van der Waals surface area contributed by atoms with E-state index in [-0.39, 0.29) is 5.41 Å². The monoisotopic (exact) mass is 212 g/mol. The predicted molar refractivity (Wildman–Crippen MR) is 62.4 cm³/mol. The molecule has 0 radical (unpaired) electrons. The van der Waals surface area contributed by atoms with Crippen LogP contribution in [0.3, 0.4) is 0 Å². The van der Waals surface area contributed by atoms with Gasteiger partial charge in [0.15, 0.2) is 0 Å². The van der Waals surface area contributed by atoms with Gasteiger partial charge in [0.1, 0.15) is 0 Å². The van der Waals surface area contributed by atoms with Gasteiger partial charge in [0, 0.05) is 11.0 Å². The maximum absolute atomic E-state index is 10.8. The van der Waals surface area contributed by atoms with Crippen LogP contribution in [0.25, 0.3) is 0 Å². The molecule has 1 aliphatic carbocycles. The Morgan fingerprint density at radius 3 is 2.36 bits per heavy atom. The Kier molecular flexibility index (Phi) is 5.47. The normalized spacial score (nSPS) is 17.6. The van der Waals surface area contributed by atoms with Crippen LogP contribution in [0.15, 0.2) is 36.0 Å². The molecule has 0 spiro atoms. The van der Waals surface area contributed by atoms with Gasteiger partial charge < -0.3 is 0 Å². The van der Waals surface area contributed by atoms with E-state index in [0.717, 1.165) is 0 Å². The lowest BCUT2D eigenvalue weighted by molar-refractivity contribution is -0.108. The zero-order valence-corrected chi connectivity index (χ0v) is 9.93. The summed E-state index contributed by atoms with van der Waals surface area (Å²) in [6, 6.07) is 0. The van der Waals surface area contributed by atoms with Crippen molar-refractivity contribution in [2.24, 2.45) is 5.41 Å². The molecule has 0 aromatic carbocycles. The van der Waals surface area contributed by atoms with E-state index in [1.54, 1.807) is 12.2 Å². The Hall–Kier alpha value is -0.820. The van der Waals surface area contributed by atoms with Gasteiger partial charge >= 0.3 is 0 Å². The molecule has 0 fully saturated rings. The van der Waals surface area contributed by atoms with Crippen molar-refractivity contribution < 1.29 is 4.79 Å². The molecule has 0 bridgehead atoms. The van der Waals surface area contributed by atoms with E-state index >= 15 is 0 Å². The van der Waals surface area contributed by atoms with Crippen molar-refractivity contribution in [3.05, 3.63) is 36.0 Å². The summed E-state index contributed by atoms with van der Waals surface area (Å²) in [5.41, 5.74) is 0.545. The van der Waals surface area contributed by atoms with Crippen molar-refractivity contribution in [3.8, 4) is 0 Å². The average molecular weight is 213 g/mol. The molecule has 1 nitrogen and oxygen atoms in total. The average Bonchev–Trinajstić information content (AvgIpc) is 2.30. The van der Waals surface area contributed by atoms with Gasteiger partial charge in [0.05, 0.1) is 0 Å². The second kappa shape index (κ2) is 5.82. The maximum Gasteiger partial charge on any atom is 0.252 e. The fraction of sp³-hybridized carbons (Fsp3) is 0.417. The number of halogens is 1. The molecule has 14 heavy (non-hydrogen) atoms. The first-order valence-electron chi connectivity index (χ1n) is 4.80. The third-order valence-corrected chi connectivity index (χ3v) is 1.94. The molecule has 78 valence electrons. The smallest absolute Gasteiger partial charge is 0.252 e. The molecular formula is C12H17ClO. The molecule has 0 saturated heterocycles. The highest BCUT2D eigenvalue weighted by Crippen LogP contribution is 2.23. The van der Waals surface area contributed by atoms with Crippen molar-refractivity contribution in [3.63, 3.8) is 0 Å². The van der Waals surface area contributed by atoms with Crippen LogP contribution in [0.2, 0.25) is 0 Å². The van der Waals surface area contributed by atoms with E-state index in [4.69, 9.17) is 11.6 Å². The predicted octanol–water partition coefficient (Wildman–Crippen LogP) is 3.86. The zero-order valence-electron chi connectivity index (χ0n) is 9.17. The molecule has 0 amide bonds. The molecular weight excluding hydrogens is 196 g/mol. The standard InChI is InChI=1S/C10H11ClO.C2H6/c1-10(2)6-3-4-8(5-7-10)9(11)12;1-2/h3-7H,1-2H3;1-2H3. The Balaban J connectivity index is 0.000000791. The van der Waals surface area contributed by atoms with E-state index in [2.05, 4.69) is 13.8 Å². The number of hydrogen-bond donors (Lipinski definition) is 0. The van der Waals surface area contributed by atoms with E-state index in [1.165, 1.54) is 0 Å². The summed E-state index contributed by atoms with van der Waals surface area (Å²) >= 11 is 5.33. The van der Waals surface area contributed by atoms with E-state index in [9.17, 15) is 4.79 Å². The summed E-state index contributed by atoms with van der Waals surface area (Å²) in [5, 5.41) is -0.409. The minimum absolute atomic E-state index is 0.00455. The fourth-order valence-corrected chi connectivity index (χ4v) is 1.07. The number of carbonyl (C=O) groups is 1. The third kappa shape index (κ3) is 4.43. The molecule has 2 heteroatoms. The summed E-state index contributed by atoms with van der Waals surface area (Å²) < 4.78 is 0. The van der Waals surface area contributed by atoms with Crippen molar-refractivity contribution in [2.45, 2.75) is 27.7 Å². The number of hydrogen-bond acceptors (Lipinski definition) is 1. The lowest BCUT2D eigenvalue weighted by atomic mass is 9.93. The first-order chi connectivity index (χ1) is 6.51. The molecule has 0 saturated carbocycles. The highest BCUT2D eigenvalue weighted by molar-refractivity contribution is 6.68. The Bertz CT molecular complexity index is 283. The fourth-order valence-electron chi connectivity index (χ4n) is 0.946. The highest BCUT2D eigenvalue weighted by Gasteiger charge is 2.12. The highest BCUT2D eigenvalue weighted by atomic mass is 35.5. The SMILES string of the molecule is CC.CC1(C)C=CC=C(C(=O)Cl)C=C1. The van der Waals surface area contributed by atoms with Gasteiger partial charge in [-0.05, 0) is 11.6 Å². The van der Waals surface area contributed by atoms with Crippen LogP contribution in [0, 0.1) is 5.41 Å². The summed E-state index contributed by atoms with van der Waals surface area (Å²) in [4.78, 5) is 10.8. The van der Waals surface area contributed by atoms with Crippen LogP contribution in [-0.2, 0) is 4.79 Å². The van der Waals surface area contributed by atoms with Gasteiger partial charge in [-0.15, -0.1) is 0 Å². The first-order valence-corrected chi connectivity index (χ1v) is 5.18. The van der Waals surface area contributed by atoms with E-state index < -0.39 is 5.24 Å². The summed E-state index contributed by atoms with van der Waals surface area (Å²) in [6.07, 6.45) is 9.32. The van der Waals surface area contributed by atoms with E-state index in [0.29, 0.717) is 5.57 Å². The van der Waals surface area contributed by atoms with Gasteiger partial charge in [0.25, 0.3) is 5.24 Å². The van der Waals surface area contributed by atoms with Gasteiger partial charge in [-0.25, -0.2) is 0 Å². The summed E-state index contributed by atoms with van der Waals surface area (Å²) in [7, 11) is 0. The van der Waals surface area contributed by atoms with Gasteiger partial charge in [-0.1, -0.05) is 58.1 Å². The van der Waals surface area contributed by atoms with Gasteiger partial charge in [-0.3, -0.25) is 4.79 Å². The van der Waals surface area contributed by atoms with Crippen molar-refractivity contribution in [1.82, 2.24) is 0 Å². The Morgan fingerprint density at radius 2 is 1.86 bits per heavy atom. The van der Waals surface area contributed by atoms with Crippen LogP contribution < -0.4 is 0 Å². The Labute approximate surface area is 91.1 Å². The molecule has 0 atom stereocenters. The lowest BCUT2D eigenvalue weighted by Crippen LogP contribution is -2.00. The van der Waals surface area contributed by atoms with Crippen LogP contribution in [0.5, 0.6) is 0 Å². The molecule has 0 aliphatic heterocycles. The zero-order chi connectivity index (χ0) is 11.2. The van der Waals surface area contributed by atoms with Crippen molar-refractivity contribution >= 4 is 16.8 Å².